The molecule has 0 aliphatic carbocycles. The second-order valence-corrected chi connectivity index (χ2v) is 8.61. The highest BCUT2D eigenvalue weighted by Crippen LogP contribution is 2.33. The van der Waals surface area contributed by atoms with Crippen LogP contribution in [0.15, 0.2) is 0 Å². The van der Waals surface area contributed by atoms with Gasteiger partial charge in [-0.1, -0.05) is 20.3 Å². The molecule has 3 nitrogen and oxygen atoms in total. The third-order valence-corrected chi connectivity index (χ3v) is 6.66. The van der Waals surface area contributed by atoms with Gasteiger partial charge in [0.2, 0.25) is 0 Å². The lowest BCUT2D eigenvalue weighted by molar-refractivity contribution is -0.104. The van der Waals surface area contributed by atoms with E-state index in [1.165, 1.54) is 57.8 Å². The zero-order valence-electron chi connectivity index (χ0n) is 15.9. The molecule has 0 N–H and O–H groups in total. The third-order valence-electron chi connectivity index (χ3n) is 6.66. The number of ether oxygens (including phenoxy) is 3. The first-order chi connectivity index (χ1) is 11.7. The predicted octanol–water partition coefficient (Wildman–Crippen LogP) is 4.97. The molecule has 0 aromatic heterocycles. The first kappa shape index (κ1) is 18.7. The molecule has 3 unspecified atom stereocenters. The summed E-state index contributed by atoms with van der Waals surface area (Å²) in [5.41, 5.74) is 0. The van der Waals surface area contributed by atoms with Crippen molar-refractivity contribution in [1.82, 2.24) is 0 Å². The van der Waals surface area contributed by atoms with Gasteiger partial charge in [0.15, 0.2) is 0 Å². The summed E-state index contributed by atoms with van der Waals surface area (Å²) in [5.74, 6) is 2.27. The van der Waals surface area contributed by atoms with Gasteiger partial charge in [-0.25, -0.2) is 0 Å². The summed E-state index contributed by atoms with van der Waals surface area (Å²) in [5, 5.41) is 0. The molecule has 0 amide bonds. The fourth-order valence-electron chi connectivity index (χ4n) is 4.76. The Kier molecular flexibility index (Phi) is 7.42. The SMILES string of the molecule is CC(CCC(C)[C@@H]1CCCC(C[C@H]2CCCCO2)O1)[C@@H]1CCOC1. The molecule has 0 spiro atoms. The Labute approximate surface area is 148 Å². The van der Waals surface area contributed by atoms with Crippen LogP contribution in [-0.4, -0.2) is 38.1 Å². The van der Waals surface area contributed by atoms with E-state index >= 15 is 0 Å². The molecule has 140 valence electrons. The first-order valence-electron chi connectivity index (χ1n) is 10.6. The maximum atomic E-state index is 6.50. The molecule has 3 heteroatoms. The van der Waals surface area contributed by atoms with Crippen molar-refractivity contribution in [3.8, 4) is 0 Å². The summed E-state index contributed by atoms with van der Waals surface area (Å²) >= 11 is 0. The Bertz CT molecular complexity index is 347. The van der Waals surface area contributed by atoms with Crippen molar-refractivity contribution in [2.24, 2.45) is 17.8 Å². The smallest absolute Gasteiger partial charge is 0.0604 e. The summed E-state index contributed by atoms with van der Waals surface area (Å²) in [6.45, 7) is 7.74. The van der Waals surface area contributed by atoms with E-state index in [2.05, 4.69) is 13.8 Å². The Balaban J connectivity index is 1.38. The summed E-state index contributed by atoms with van der Waals surface area (Å²) in [6.07, 6.45) is 14.0. The van der Waals surface area contributed by atoms with Gasteiger partial charge in [-0.15, -0.1) is 0 Å². The average Bonchev–Trinajstić information content (AvgIpc) is 3.15. The molecule has 0 radical (unpaired) electrons. The minimum atomic E-state index is 0.440. The molecule has 3 saturated heterocycles. The zero-order chi connectivity index (χ0) is 16.8. The van der Waals surface area contributed by atoms with E-state index in [0.717, 1.165) is 38.1 Å². The minimum absolute atomic E-state index is 0.440. The van der Waals surface area contributed by atoms with Gasteiger partial charge < -0.3 is 14.2 Å². The Morgan fingerprint density at radius 2 is 1.67 bits per heavy atom. The van der Waals surface area contributed by atoms with Gasteiger partial charge in [0.1, 0.15) is 0 Å². The van der Waals surface area contributed by atoms with Crippen molar-refractivity contribution >= 4 is 0 Å². The van der Waals surface area contributed by atoms with Gasteiger partial charge in [-0.2, -0.15) is 0 Å². The van der Waals surface area contributed by atoms with E-state index in [-0.39, 0.29) is 0 Å². The fraction of sp³-hybridized carbons (Fsp3) is 1.00. The molecular weight excluding hydrogens is 300 g/mol. The van der Waals surface area contributed by atoms with Gasteiger partial charge in [-0.3, -0.25) is 0 Å². The van der Waals surface area contributed by atoms with Crippen molar-refractivity contribution in [1.29, 1.82) is 0 Å². The van der Waals surface area contributed by atoms with E-state index in [1.54, 1.807) is 0 Å². The predicted molar refractivity (Wildman–Crippen MR) is 97.2 cm³/mol. The molecule has 0 bridgehead atoms. The van der Waals surface area contributed by atoms with E-state index in [4.69, 9.17) is 14.2 Å². The highest BCUT2D eigenvalue weighted by molar-refractivity contribution is 4.79. The summed E-state index contributed by atoms with van der Waals surface area (Å²) in [6, 6.07) is 0. The molecule has 0 saturated carbocycles. The van der Waals surface area contributed by atoms with Gasteiger partial charge in [-0.05, 0) is 75.5 Å². The average molecular weight is 339 g/mol. The molecular formula is C21H38O3. The molecule has 3 rings (SSSR count). The molecule has 0 aromatic rings. The second kappa shape index (κ2) is 9.54. The quantitative estimate of drug-likeness (QED) is 0.656. The van der Waals surface area contributed by atoms with Crippen LogP contribution in [-0.2, 0) is 14.2 Å². The first-order valence-corrected chi connectivity index (χ1v) is 10.6. The Morgan fingerprint density at radius 3 is 2.42 bits per heavy atom. The van der Waals surface area contributed by atoms with Crippen LogP contribution in [0.3, 0.4) is 0 Å². The van der Waals surface area contributed by atoms with Gasteiger partial charge in [0, 0.05) is 19.8 Å². The fourth-order valence-corrected chi connectivity index (χ4v) is 4.76. The number of hydrogen-bond acceptors (Lipinski definition) is 3. The standard InChI is InChI=1S/C21H38O3/c1-16(18-11-13-22-15-18)9-10-17(2)21-8-5-7-20(24-21)14-19-6-3-4-12-23-19/h16-21H,3-15H2,1-2H3/t16?,17?,18-,19-,20?,21+/m1/s1. The summed E-state index contributed by atoms with van der Waals surface area (Å²) in [7, 11) is 0. The Morgan fingerprint density at radius 1 is 0.833 bits per heavy atom. The van der Waals surface area contributed by atoms with E-state index < -0.39 is 0 Å². The highest BCUT2D eigenvalue weighted by Gasteiger charge is 2.30. The summed E-state index contributed by atoms with van der Waals surface area (Å²) < 4.78 is 18.0. The van der Waals surface area contributed by atoms with Gasteiger partial charge >= 0.3 is 0 Å². The molecule has 0 aromatic carbocycles. The monoisotopic (exact) mass is 338 g/mol. The van der Waals surface area contributed by atoms with Crippen LogP contribution in [0.1, 0.15) is 78.1 Å². The lowest BCUT2D eigenvalue weighted by atomic mass is 9.84. The summed E-state index contributed by atoms with van der Waals surface area (Å²) in [4.78, 5) is 0. The van der Waals surface area contributed by atoms with Crippen molar-refractivity contribution < 1.29 is 14.2 Å². The van der Waals surface area contributed by atoms with Crippen LogP contribution in [0.5, 0.6) is 0 Å². The highest BCUT2D eigenvalue weighted by atomic mass is 16.5. The van der Waals surface area contributed by atoms with E-state index in [0.29, 0.717) is 24.2 Å². The van der Waals surface area contributed by atoms with Crippen molar-refractivity contribution in [2.75, 3.05) is 19.8 Å². The minimum Gasteiger partial charge on any atom is -0.381 e. The molecule has 3 aliphatic heterocycles. The van der Waals surface area contributed by atoms with Crippen LogP contribution < -0.4 is 0 Å². The van der Waals surface area contributed by atoms with Crippen molar-refractivity contribution in [2.45, 2.75) is 96.4 Å². The van der Waals surface area contributed by atoms with Crippen LogP contribution in [0.2, 0.25) is 0 Å². The molecule has 6 atom stereocenters. The molecule has 3 fully saturated rings. The maximum Gasteiger partial charge on any atom is 0.0604 e. The third kappa shape index (κ3) is 5.44. The van der Waals surface area contributed by atoms with Crippen LogP contribution in [0.4, 0.5) is 0 Å². The lowest BCUT2D eigenvalue weighted by Crippen LogP contribution is -2.35. The zero-order valence-corrected chi connectivity index (χ0v) is 15.9. The van der Waals surface area contributed by atoms with E-state index in [9.17, 15) is 0 Å². The number of rotatable bonds is 7. The van der Waals surface area contributed by atoms with Crippen molar-refractivity contribution in [3.63, 3.8) is 0 Å². The normalized spacial score (nSPS) is 37.2. The Hall–Kier alpha value is -0.120. The molecule has 3 heterocycles. The topological polar surface area (TPSA) is 27.7 Å². The number of hydrogen-bond donors (Lipinski definition) is 0. The van der Waals surface area contributed by atoms with Gasteiger partial charge in [0.25, 0.3) is 0 Å². The largest absolute Gasteiger partial charge is 0.381 e. The molecule has 3 aliphatic rings. The van der Waals surface area contributed by atoms with Crippen LogP contribution >= 0.6 is 0 Å². The van der Waals surface area contributed by atoms with Crippen LogP contribution in [0, 0.1) is 17.8 Å². The van der Waals surface area contributed by atoms with Gasteiger partial charge in [0.05, 0.1) is 18.3 Å². The maximum absolute atomic E-state index is 6.50. The molecule has 24 heavy (non-hydrogen) atoms. The van der Waals surface area contributed by atoms with E-state index in [1.807, 2.05) is 0 Å². The van der Waals surface area contributed by atoms with Crippen LogP contribution in [0.25, 0.3) is 0 Å². The van der Waals surface area contributed by atoms with Crippen molar-refractivity contribution in [3.05, 3.63) is 0 Å². The lowest BCUT2D eigenvalue weighted by Gasteiger charge is -2.36. The second-order valence-electron chi connectivity index (χ2n) is 8.61.